The summed E-state index contributed by atoms with van der Waals surface area (Å²) in [6.45, 7) is 2.33. The monoisotopic (exact) mass is 228 g/mol. The lowest BCUT2D eigenvalue weighted by Crippen LogP contribution is -2.52. The molecule has 1 aliphatic rings. The van der Waals surface area contributed by atoms with Crippen LogP contribution in [0.1, 0.15) is 32.6 Å². The molecule has 1 heterocycles. The third kappa shape index (κ3) is 3.88. The standard InChI is InChI=1S/C10H16N2O4/c1-2-3-6-16-10(15)11-7-4-5-8(13)12-9(7)14/h7H,2-6H2,1H3,(H,11,15)(H,12,13,14). The van der Waals surface area contributed by atoms with Gasteiger partial charge >= 0.3 is 6.09 Å². The number of unbranched alkanes of at least 4 members (excludes halogenated alkanes) is 1. The van der Waals surface area contributed by atoms with Crippen molar-refractivity contribution >= 4 is 17.9 Å². The zero-order valence-corrected chi connectivity index (χ0v) is 9.25. The minimum absolute atomic E-state index is 0.242. The van der Waals surface area contributed by atoms with Crippen LogP contribution in [0, 0.1) is 0 Å². The van der Waals surface area contributed by atoms with Gasteiger partial charge in [-0.2, -0.15) is 0 Å². The molecule has 6 nitrogen and oxygen atoms in total. The lowest BCUT2D eigenvalue weighted by atomic mass is 10.1. The summed E-state index contributed by atoms with van der Waals surface area (Å²) in [5, 5.41) is 4.58. The van der Waals surface area contributed by atoms with Crippen molar-refractivity contribution in [2.24, 2.45) is 0 Å². The highest BCUT2D eigenvalue weighted by atomic mass is 16.5. The number of carbonyl (C=O) groups excluding carboxylic acids is 3. The Morgan fingerprint density at radius 3 is 2.94 bits per heavy atom. The Balaban J connectivity index is 2.28. The third-order valence-corrected chi connectivity index (χ3v) is 2.26. The molecule has 16 heavy (non-hydrogen) atoms. The fourth-order valence-corrected chi connectivity index (χ4v) is 1.32. The van der Waals surface area contributed by atoms with E-state index in [1.165, 1.54) is 0 Å². The van der Waals surface area contributed by atoms with E-state index in [0.717, 1.165) is 12.8 Å². The maximum absolute atomic E-state index is 11.3. The molecule has 1 aliphatic heterocycles. The highest BCUT2D eigenvalue weighted by Crippen LogP contribution is 2.04. The van der Waals surface area contributed by atoms with Crippen molar-refractivity contribution in [3.63, 3.8) is 0 Å². The van der Waals surface area contributed by atoms with Gasteiger partial charge in [0, 0.05) is 6.42 Å². The van der Waals surface area contributed by atoms with Gasteiger partial charge in [0.05, 0.1) is 6.61 Å². The fourth-order valence-electron chi connectivity index (χ4n) is 1.32. The van der Waals surface area contributed by atoms with Crippen LogP contribution >= 0.6 is 0 Å². The molecule has 3 amide bonds. The van der Waals surface area contributed by atoms with Gasteiger partial charge in [-0.1, -0.05) is 13.3 Å². The van der Waals surface area contributed by atoms with Gasteiger partial charge in [0.1, 0.15) is 6.04 Å². The van der Waals surface area contributed by atoms with Crippen LogP contribution < -0.4 is 10.6 Å². The van der Waals surface area contributed by atoms with E-state index in [-0.39, 0.29) is 12.3 Å². The van der Waals surface area contributed by atoms with E-state index >= 15 is 0 Å². The third-order valence-electron chi connectivity index (χ3n) is 2.26. The molecule has 1 saturated heterocycles. The van der Waals surface area contributed by atoms with Gasteiger partial charge in [-0.15, -0.1) is 0 Å². The minimum atomic E-state index is -0.660. The highest BCUT2D eigenvalue weighted by molar-refractivity contribution is 6.01. The largest absolute Gasteiger partial charge is 0.450 e. The normalized spacial score (nSPS) is 20.2. The molecule has 6 heteroatoms. The summed E-state index contributed by atoms with van der Waals surface area (Å²) in [4.78, 5) is 33.3. The lowest BCUT2D eigenvalue weighted by molar-refractivity contribution is -0.134. The van der Waals surface area contributed by atoms with Crippen LogP contribution in [0.15, 0.2) is 0 Å². The molecular formula is C10H16N2O4. The molecule has 0 saturated carbocycles. The number of piperidine rings is 1. The maximum Gasteiger partial charge on any atom is 0.407 e. The molecule has 2 N–H and O–H groups in total. The quantitative estimate of drug-likeness (QED) is 0.536. The van der Waals surface area contributed by atoms with Gasteiger partial charge in [0.25, 0.3) is 0 Å². The zero-order valence-electron chi connectivity index (χ0n) is 9.25. The van der Waals surface area contributed by atoms with Crippen LogP contribution in [0.25, 0.3) is 0 Å². The first-order valence-corrected chi connectivity index (χ1v) is 5.40. The molecule has 90 valence electrons. The Hall–Kier alpha value is -1.59. The number of nitrogens with one attached hydrogen (secondary N) is 2. The molecule has 0 aromatic rings. The summed E-state index contributed by atoms with van der Waals surface area (Å²) < 4.78 is 4.85. The summed E-state index contributed by atoms with van der Waals surface area (Å²) in [7, 11) is 0. The Labute approximate surface area is 93.7 Å². The molecule has 1 atom stereocenters. The van der Waals surface area contributed by atoms with E-state index in [2.05, 4.69) is 10.6 Å². The molecule has 0 bridgehead atoms. The van der Waals surface area contributed by atoms with E-state index in [1.54, 1.807) is 0 Å². The average Bonchev–Trinajstić information content (AvgIpc) is 2.23. The van der Waals surface area contributed by atoms with Crippen LogP contribution in [0.2, 0.25) is 0 Å². The number of hydrogen-bond acceptors (Lipinski definition) is 4. The van der Waals surface area contributed by atoms with Gasteiger partial charge in [0.15, 0.2) is 0 Å². The Kier molecular flexibility index (Phi) is 4.75. The van der Waals surface area contributed by atoms with E-state index < -0.39 is 18.0 Å². The van der Waals surface area contributed by atoms with Crippen LogP contribution in [-0.4, -0.2) is 30.6 Å². The Morgan fingerprint density at radius 1 is 1.56 bits per heavy atom. The minimum Gasteiger partial charge on any atom is -0.450 e. The molecule has 0 radical (unpaired) electrons. The molecule has 1 unspecified atom stereocenters. The SMILES string of the molecule is CCCCOC(=O)NC1CCC(=O)NC1=O. The van der Waals surface area contributed by atoms with Crippen LogP contribution in [0.4, 0.5) is 4.79 Å². The van der Waals surface area contributed by atoms with Gasteiger partial charge in [0.2, 0.25) is 11.8 Å². The van der Waals surface area contributed by atoms with Gasteiger partial charge in [-0.05, 0) is 12.8 Å². The number of carbonyl (C=O) groups is 3. The second-order valence-electron chi connectivity index (χ2n) is 3.64. The average molecular weight is 228 g/mol. The Morgan fingerprint density at radius 2 is 2.31 bits per heavy atom. The maximum atomic E-state index is 11.3. The first kappa shape index (κ1) is 12.5. The first-order chi connectivity index (χ1) is 7.63. The number of imide groups is 1. The number of alkyl carbamates (subject to hydrolysis) is 1. The van der Waals surface area contributed by atoms with Crippen molar-refractivity contribution in [2.75, 3.05) is 6.61 Å². The smallest absolute Gasteiger partial charge is 0.407 e. The van der Waals surface area contributed by atoms with E-state index in [4.69, 9.17) is 4.74 Å². The first-order valence-electron chi connectivity index (χ1n) is 5.40. The van der Waals surface area contributed by atoms with Crippen molar-refractivity contribution in [3.8, 4) is 0 Å². The summed E-state index contributed by atoms with van der Waals surface area (Å²) in [5.74, 6) is -0.772. The van der Waals surface area contributed by atoms with Crippen LogP contribution in [-0.2, 0) is 14.3 Å². The summed E-state index contributed by atoms with van der Waals surface area (Å²) >= 11 is 0. The van der Waals surface area contributed by atoms with E-state index in [1.807, 2.05) is 6.92 Å². The highest BCUT2D eigenvalue weighted by Gasteiger charge is 2.28. The predicted octanol–water partition coefficient (Wildman–Crippen LogP) is 0.318. The number of amides is 3. The molecule has 0 spiro atoms. The Bertz CT molecular complexity index is 291. The molecule has 0 aliphatic carbocycles. The number of rotatable bonds is 4. The predicted molar refractivity (Wildman–Crippen MR) is 55.6 cm³/mol. The van der Waals surface area contributed by atoms with Gasteiger partial charge < -0.3 is 10.1 Å². The van der Waals surface area contributed by atoms with Gasteiger partial charge in [-0.25, -0.2) is 4.79 Å². The second kappa shape index (κ2) is 6.09. The number of ether oxygens (including phenoxy) is 1. The van der Waals surface area contributed by atoms with E-state index in [9.17, 15) is 14.4 Å². The van der Waals surface area contributed by atoms with Crippen molar-refractivity contribution in [2.45, 2.75) is 38.6 Å². The van der Waals surface area contributed by atoms with Gasteiger partial charge in [-0.3, -0.25) is 14.9 Å². The van der Waals surface area contributed by atoms with Crippen LogP contribution in [0.3, 0.4) is 0 Å². The zero-order chi connectivity index (χ0) is 12.0. The van der Waals surface area contributed by atoms with E-state index in [0.29, 0.717) is 13.0 Å². The summed E-state index contributed by atoms with van der Waals surface area (Å²) in [6.07, 6.45) is 1.69. The van der Waals surface area contributed by atoms with Crippen molar-refractivity contribution < 1.29 is 19.1 Å². The topological polar surface area (TPSA) is 84.5 Å². The van der Waals surface area contributed by atoms with Crippen molar-refractivity contribution in [3.05, 3.63) is 0 Å². The van der Waals surface area contributed by atoms with Crippen molar-refractivity contribution in [1.29, 1.82) is 0 Å². The molecule has 1 fully saturated rings. The van der Waals surface area contributed by atoms with Crippen molar-refractivity contribution in [1.82, 2.24) is 10.6 Å². The molecular weight excluding hydrogens is 212 g/mol. The second-order valence-corrected chi connectivity index (χ2v) is 3.64. The lowest BCUT2D eigenvalue weighted by Gasteiger charge is -2.21. The number of hydrogen-bond donors (Lipinski definition) is 2. The molecule has 0 aromatic heterocycles. The summed E-state index contributed by atoms with van der Waals surface area (Å²) in [6, 6.07) is -0.660. The molecule has 1 rings (SSSR count). The molecule has 0 aromatic carbocycles. The van der Waals surface area contributed by atoms with Crippen LogP contribution in [0.5, 0.6) is 0 Å². The summed E-state index contributed by atoms with van der Waals surface area (Å²) in [5.41, 5.74) is 0. The fraction of sp³-hybridized carbons (Fsp3) is 0.700.